The molecule has 1 aromatic carbocycles. The third-order valence-corrected chi connectivity index (χ3v) is 4.17. The number of halogens is 1. The van der Waals surface area contributed by atoms with Crippen LogP contribution in [-0.2, 0) is 9.53 Å². The molecule has 0 saturated carbocycles. The Morgan fingerprint density at radius 1 is 1.32 bits per heavy atom. The van der Waals surface area contributed by atoms with Crippen molar-refractivity contribution in [1.29, 1.82) is 0 Å². The minimum atomic E-state index is -0.473. The minimum Gasteiger partial charge on any atom is -0.464 e. The summed E-state index contributed by atoms with van der Waals surface area (Å²) in [5.74, 6) is -0.263. The van der Waals surface area contributed by atoms with Crippen LogP contribution < -0.4 is 5.32 Å². The van der Waals surface area contributed by atoms with E-state index in [2.05, 4.69) is 21.2 Å². The second kappa shape index (κ2) is 6.73. The normalized spacial score (nSPS) is 11.9. The highest BCUT2D eigenvalue weighted by Crippen LogP contribution is 2.30. The van der Waals surface area contributed by atoms with E-state index in [1.165, 1.54) is 11.3 Å². The van der Waals surface area contributed by atoms with Crippen molar-refractivity contribution in [3.8, 4) is 0 Å². The van der Waals surface area contributed by atoms with Gasteiger partial charge in [0.25, 0.3) is 0 Å². The number of nitrogens with one attached hydrogen (secondary N) is 1. The van der Waals surface area contributed by atoms with Crippen LogP contribution >= 0.6 is 27.3 Å². The molecule has 5 heteroatoms. The van der Waals surface area contributed by atoms with E-state index < -0.39 is 6.04 Å². The number of hydrogen-bond donors (Lipinski definition) is 1. The summed E-state index contributed by atoms with van der Waals surface area (Å²) < 4.78 is 6.12. The number of anilines is 1. The third-order valence-electron chi connectivity index (χ3n) is 2.49. The second-order valence-electron chi connectivity index (χ2n) is 3.84. The molecule has 0 bridgehead atoms. The molecule has 1 atom stereocenters. The van der Waals surface area contributed by atoms with Gasteiger partial charge in [0, 0.05) is 10.6 Å². The first-order valence-corrected chi connectivity index (χ1v) is 7.55. The van der Waals surface area contributed by atoms with Crippen molar-refractivity contribution in [2.24, 2.45) is 0 Å². The smallest absolute Gasteiger partial charge is 0.334 e. The number of hydrogen-bond acceptors (Lipinski definition) is 4. The number of carbonyl (C=O) groups excluding carboxylic acids is 1. The van der Waals surface area contributed by atoms with Crippen LogP contribution in [0.3, 0.4) is 0 Å². The third kappa shape index (κ3) is 3.81. The van der Waals surface area contributed by atoms with Gasteiger partial charge in [-0.25, -0.2) is 4.79 Å². The first-order valence-electron chi connectivity index (χ1n) is 5.94. The van der Waals surface area contributed by atoms with Gasteiger partial charge in [-0.15, -0.1) is 11.3 Å². The summed E-state index contributed by atoms with van der Waals surface area (Å²) in [5, 5.41) is 3.21. The summed E-state index contributed by atoms with van der Waals surface area (Å²) in [6.07, 6.45) is 0. The Kier molecular flexibility index (Phi) is 4.99. The maximum Gasteiger partial charge on any atom is 0.334 e. The topological polar surface area (TPSA) is 38.3 Å². The lowest BCUT2D eigenvalue weighted by atomic mass is 10.2. The fourth-order valence-corrected chi connectivity index (χ4v) is 3.12. The van der Waals surface area contributed by atoms with Gasteiger partial charge in [0.2, 0.25) is 0 Å². The molecule has 100 valence electrons. The Hall–Kier alpha value is -1.33. The zero-order chi connectivity index (χ0) is 13.7. The molecular weight excluding hydrogens is 326 g/mol. The van der Waals surface area contributed by atoms with Gasteiger partial charge in [-0.2, -0.15) is 0 Å². The van der Waals surface area contributed by atoms with Gasteiger partial charge in [-0.05, 0) is 47.1 Å². The first-order chi connectivity index (χ1) is 9.20. The Bertz CT molecular complexity index is 541. The van der Waals surface area contributed by atoms with Crippen LogP contribution in [0.4, 0.5) is 5.69 Å². The predicted octanol–water partition coefficient (Wildman–Crippen LogP) is 4.23. The van der Waals surface area contributed by atoms with Crippen molar-refractivity contribution in [1.82, 2.24) is 0 Å². The summed E-state index contributed by atoms with van der Waals surface area (Å²) in [4.78, 5) is 13.0. The highest BCUT2D eigenvalue weighted by molar-refractivity contribution is 9.11. The lowest BCUT2D eigenvalue weighted by molar-refractivity contribution is -0.144. The predicted molar refractivity (Wildman–Crippen MR) is 81.5 cm³/mol. The molecule has 1 unspecified atom stereocenters. The zero-order valence-corrected chi connectivity index (χ0v) is 12.8. The lowest BCUT2D eigenvalue weighted by Gasteiger charge is -2.17. The molecule has 2 rings (SSSR count). The Balaban J connectivity index is 2.22. The molecule has 1 heterocycles. The largest absolute Gasteiger partial charge is 0.464 e. The molecule has 0 saturated heterocycles. The average Bonchev–Trinajstić information content (AvgIpc) is 2.84. The average molecular weight is 340 g/mol. The van der Waals surface area contributed by atoms with Crippen molar-refractivity contribution < 1.29 is 9.53 Å². The van der Waals surface area contributed by atoms with Crippen LogP contribution in [0, 0.1) is 0 Å². The van der Waals surface area contributed by atoms with Gasteiger partial charge in [0.15, 0.2) is 6.04 Å². The molecule has 1 aromatic heterocycles. The maximum atomic E-state index is 12.1. The van der Waals surface area contributed by atoms with Crippen LogP contribution in [0.5, 0.6) is 0 Å². The van der Waals surface area contributed by atoms with Gasteiger partial charge in [-0.3, -0.25) is 0 Å². The first kappa shape index (κ1) is 14.1. The van der Waals surface area contributed by atoms with E-state index in [4.69, 9.17) is 4.74 Å². The van der Waals surface area contributed by atoms with Gasteiger partial charge < -0.3 is 10.1 Å². The van der Waals surface area contributed by atoms with Crippen molar-refractivity contribution in [2.45, 2.75) is 13.0 Å². The van der Waals surface area contributed by atoms with Crippen molar-refractivity contribution in [3.05, 3.63) is 51.1 Å². The number of benzene rings is 1. The van der Waals surface area contributed by atoms with Crippen LogP contribution in [0.25, 0.3) is 0 Å². The Morgan fingerprint density at radius 3 is 2.63 bits per heavy atom. The van der Waals surface area contributed by atoms with Gasteiger partial charge >= 0.3 is 5.97 Å². The van der Waals surface area contributed by atoms with Gasteiger partial charge in [0.05, 0.1) is 10.4 Å². The fourth-order valence-electron chi connectivity index (χ4n) is 1.66. The number of esters is 1. The quantitative estimate of drug-likeness (QED) is 0.828. The van der Waals surface area contributed by atoms with E-state index >= 15 is 0 Å². The maximum absolute atomic E-state index is 12.1. The monoisotopic (exact) mass is 339 g/mol. The molecule has 3 nitrogen and oxygen atoms in total. The van der Waals surface area contributed by atoms with E-state index in [-0.39, 0.29) is 5.97 Å². The van der Waals surface area contributed by atoms with E-state index in [1.54, 1.807) is 0 Å². The summed E-state index contributed by atoms with van der Waals surface area (Å²) in [6, 6.07) is 13.0. The number of thiophene rings is 1. The number of carbonyl (C=O) groups is 1. The van der Waals surface area contributed by atoms with Crippen molar-refractivity contribution in [2.75, 3.05) is 11.9 Å². The molecular formula is C14H14BrNO2S. The van der Waals surface area contributed by atoms with Crippen molar-refractivity contribution in [3.63, 3.8) is 0 Å². The molecule has 0 radical (unpaired) electrons. The van der Waals surface area contributed by atoms with Crippen molar-refractivity contribution >= 4 is 38.9 Å². The van der Waals surface area contributed by atoms with E-state index in [0.717, 1.165) is 14.4 Å². The molecule has 0 aliphatic carbocycles. The molecule has 0 aliphatic heterocycles. The van der Waals surface area contributed by atoms with Crippen LogP contribution in [0.1, 0.15) is 17.8 Å². The summed E-state index contributed by atoms with van der Waals surface area (Å²) in [7, 11) is 0. The summed E-state index contributed by atoms with van der Waals surface area (Å²) in [5.41, 5.74) is 0.894. The van der Waals surface area contributed by atoms with E-state index in [1.807, 2.05) is 49.4 Å². The zero-order valence-electron chi connectivity index (χ0n) is 10.4. The molecule has 0 fully saturated rings. The molecule has 0 aliphatic rings. The standard InChI is InChI=1S/C14H14BrNO2S/c1-2-18-14(17)13(11-8-9-12(15)19-11)16-10-6-4-3-5-7-10/h3-9,13,16H,2H2,1H3. The summed E-state index contributed by atoms with van der Waals surface area (Å²) >= 11 is 4.94. The highest BCUT2D eigenvalue weighted by Gasteiger charge is 2.23. The second-order valence-corrected chi connectivity index (χ2v) is 6.33. The Labute approximate surface area is 124 Å². The minimum absolute atomic E-state index is 0.263. The fraction of sp³-hybridized carbons (Fsp3) is 0.214. The van der Waals surface area contributed by atoms with Gasteiger partial charge in [0.1, 0.15) is 0 Å². The SMILES string of the molecule is CCOC(=O)C(Nc1ccccc1)c1ccc(Br)s1. The summed E-state index contributed by atoms with van der Waals surface area (Å²) in [6.45, 7) is 2.18. The number of para-hydroxylation sites is 1. The highest BCUT2D eigenvalue weighted by atomic mass is 79.9. The number of rotatable bonds is 5. The van der Waals surface area contributed by atoms with Gasteiger partial charge in [-0.1, -0.05) is 18.2 Å². The van der Waals surface area contributed by atoms with Crippen LogP contribution in [-0.4, -0.2) is 12.6 Å². The van der Waals surface area contributed by atoms with Crippen LogP contribution in [0.15, 0.2) is 46.3 Å². The lowest BCUT2D eigenvalue weighted by Crippen LogP contribution is -2.22. The molecule has 1 N–H and O–H groups in total. The van der Waals surface area contributed by atoms with E-state index in [0.29, 0.717) is 6.61 Å². The Morgan fingerprint density at radius 2 is 2.05 bits per heavy atom. The number of ether oxygens (including phenoxy) is 1. The molecule has 2 aromatic rings. The molecule has 0 amide bonds. The van der Waals surface area contributed by atoms with Crippen LogP contribution in [0.2, 0.25) is 0 Å². The molecule has 0 spiro atoms. The van der Waals surface area contributed by atoms with E-state index in [9.17, 15) is 4.79 Å². The molecule has 19 heavy (non-hydrogen) atoms.